The molecule has 10 heteroatoms. The van der Waals surface area contributed by atoms with E-state index >= 15 is 0 Å². The van der Waals surface area contributed by atoms with E-state index in [4.69, 9.17) is 0 Å². The predicted molar refractivity (Wildman–Crippen MR) is 128 cm³/mol. The molecule has 0 aliphatic heterocycles. The van der Waals surface area contributed by atoms with E-state index in [1.54, 1.807) is 22.6 Å². The molecular formula is C24H33N5O4S. The van der Waals surface area contributed by atoms with Crippen molar-refractivity contribution in [3.05, 3.63) is 35.3 Å². The number of fused-ring (bicyclic) bond motifs is 1. The van der Waals surface area contributed by atoms with Crippen molar-refractivity contribution >= 4 is 27.5 Å². The number of aromatic nitrogens is 2. The Kier molecular flexibility index (Phi) is 5.92. The molecule has 2 aromatic rings. The average molecular weight is 488 g/mol. The Balaban J connectivity index is 1.41. The summed E-state index contributed by atoms with van der Waals surface area (Å²) in [5.41, 5.74) is 1.79. The topological polar surface area (TPSA) is 122 Å². The Morgan fingerprint density at radius 1 is 1.09 bits per heavy atom. The van der Waals surface area contributed by atoms with Gasteiger partial charge in [0.2, 0.25) is 10.0 Å². The summed E-state index contributed by atoms with van der Waals surface area (Å²) in [6, 6.07) is 5.23. The number of nitrogens with one attached hydrogen (secondary N) is 3. The van der Waals surface area contributed by atoms with Gasteiger partial charge in [-0.15, -0.1) is 0 Å². The maximum atomic E-state index is 13.4. The van der Waals surface area contributed by atoms with E-state index in [-0.39, 0.29) is 35.9 Å². The van der Waals surface area contributed by atoms with E-state index < -0.39 is 10.0 Å². The maximum Gasteiger partial charge on any atom is 0.271 e. The van der Waals surface area contributed by atoms with Gasteiger partial charge in [-0.05, 0) is 73.8 Å². The number of hydrogen-bond donors (Lipinski definition) is 3. The molecule has 184 valence electrons. The first-order valence-electron chi connectivity index (χ1n) is 12.1. The highest BCUT2D eigenvalue weighted by atomic mass is 32.2. The highest BCUT2D eigenvalue weighted by molar-refractivity contribution is 7.88. The lowest BCUT2D eigenvalue weighted by Crippen LogP contribution is -2.51. The molecule has 9 nitrogen and oxygen atoms in total. The minimum atomic E-state index is -3.39. The molecular weight excluding hydrogens is 454 g/mol. The van der Waals surface area contributed by atoms with Crippen molar-refractivity contribution in [2.24, 2.45) is 23.2 Å². The monoisotopic (exact) mass is 487 g/mol. The number of rotatable bonds is 8. The molecule has 0 radical (unpaired) electrons. The molecule has 0 spiro atoms. The number of imidazole rings is 1. The van der Waals surface area contributed by atoms with Crippen LogP contribution in [0.3, 0.4) is 0 Å². The van der Waals surface area contributed by atoms with Crippen molar-refractivity contribution in [2.45, 2.75) is 44.9 Å². The van der Waals surface area contributed by atoms with Gasteiger partial charge in [-0.25, -0.2) is 18.1 Å². The summed E-state index contributed by atoms with van der Waals surface area (Å²) in [4.78, 5) is 30.4. The molecule has 4 aliphatic rings. The van der Waals surface area contributed by atoms with Gasteiger partial charge in [-0.2, -0.15) is 0 Å². The third-order valence-corrected chi connectivity index (χ3v) is 8.66. The lowest BCUT2D eigenvalue weighted by atomic mass is 9.49. The van der Waals surface area contributed by atoms with E-state index in [0.717, 1.165) is 24.0 Å². The smallest absolute Gasteiger partial charge is 0.271 e. The van der Waals surface area contributed by atoms with Crippen LogP contribution in [0.25, 0.3) is 5.65 Å². The van der Waals surface area contributed by atoms with Crippen molar-refractivity contribution in [3.63, 3.8) is 0 Å². The van der Waals surface area contributed by atoms with Crippen molar-refractivity contribution in [2.75, 3.05) is 26.4 Å². The molecule has 2 aromatic heterocycles. The second-order valence-electron chi connectivity index (χ2n) is 10.6. The van der Waals surface area contributed by atoms with Crippen LogP contribution in [0.1, 0.15) is 65.2 Å². The molecule has 2 amide bonds. The molecule has 0 atom stereocenters. The number of carbonyl (C=O) groups is 2. The number of pyridine rings is 1. The predicted octanol–water partition coefficient (Wildman–Crippen LogP) is 1.73. The third kappa shape index (κ3) is 4.45. The van der Waals surface area contributed by atoms with E-state index in [2.05, 4.69) is 20.3 Å². The van der Waals surface area contributed by atoms with Crippen LogP contribution in [-0.2, 0) is 16.4 Å². The fourth-order valence-electron chi connectivity index (χ4n) is 7.08. The Bertz CT molecular complexity index is 1200. The van der Waals surface area contributed by atoms with E-state index in [1.807, 2.05) is 0 Å². The minimum absolute atomic E-state index is 0.0971. The standard InChI is InChI=1S/C24H33N5O4S/c1-25-23(31)21-18(6-7-27-34(2,32)33)29-19(4-3-5-20(29)28-21)22(30)26-14-24-11-15-8-16(12-24)10-17(9-15)13-24/h3-5,15-17,27H,6-14H2,1-2H3,(H,25,31)(H,26,30). The van der Waals surface area contributed by atoms with Gasteiger partial charge in [-0.1, -0.05) is 6.07 Å². The van der Waals surface area contributed by atoms with Gasteiger partial charge in [-0.3, -0.25) is 14.0 Å². The van der Waals surface area contributed by atoms with Crippen LogP contribution in [0.2, 0.25) is 0 Å². The Labute approximate surface area is 200 Å². The first-order valence-corrected chi connectivity index (χ1v) is 14.0. The highest BCUT2D eigenvalue weighted by Crippen LogP contribution is 2.59. The van der Waals surface area contributed by atoms with Crippen molar-refractivity contribution in [1.82, 2.24) is 24.7 Å². The summed E-state index contributed by atoms with van der Waals surface area (Å²) in [6.07, 6.45) is 8.99. The lowest BCUT2D eigenvalue weighted by molar-refractivity contribution is -0.0503. The van der Waals surface area contributed by atoms with Crippen LogP contribution >= 0.6 is 0 Å². The number of nitrogens with zero attached hydrogens (tertiary/aromatic N) is 2. The molecule has 34 heavy (non-hydrogen) atoms. The summed E-state index contributed by atoms with van der Waals surface area (Å²) in [5.74, 6) is 1.86. The first kappa shape index (κ1) is 23.3. The molecule has 2 heterocycles. The van der Waals surface area contributed by atoms with Crippen LogP contribution in [0, 0.1) is 23.2 Å². The lowest BCUT2D eigenvalue weighted by Gasteiger charge is -2.56. The van der Waals surface area contributed by atoms with Crippen LogP contribution in [0.5, 0.6) is 0 Å². The second-order valence-corrected chi connectivity index (χ2v) is 12.4. The van der Waals surface area contributed by atoms with Gasteiger partial charge in [0.25, 0.3) is 11.8 Å². The molecule has 6 rings (SSSR count). The molecule has 4 saturated carbocycles. The van der Waals surface area contributed by atoms with Gasteiger partial charge in [0, 0.05) is 26.6 Å². The maximum absolute atomic E-state index is 13.4. The second kappa shape index (κ2) is 8.64. The number of carbonyl (C=O) groups excluding carboxylic acids is 2. The first-order chi connectivity index (χ1) is 16.2. The third-order valence-electron chi connectivity index (χ3n) is 7.93. The van der Waals surface area contributed by atoms with Gasteiger partial charge in [0.1, 0.15) is 17.0 Å². The molecule has 4 bridgehead atoms. The normalized spacial score (nSPS) is 27.8. The fraction of sp³-hybridized carbons (Fsp3) is 0.625. The Hall–Kier alpha value is -2.46. The minimum Gasteiger partial charge on any atom is -0.354 e. The number of sulfonamides is 1. The summed E-state index contributed by atoms with van der Waals surface area (Å²) in [6.45, 7) is 0.771. The average Bonchev–Trinajstić information content (AvgIpc) is 3.14. The highest BCUT2D eigenvalue weighted by Gasteiger charge is 2.50. The van der Waals surface area contributed by atoms with Crippen LogP contribution < -0.4 is 15.4 Å². The Morgan fingerprint density at radius 3 is 2.32 bits per heavy atom. The van der Waals surface area contributed by atoms with Crippen molar-refractivity contribution < 1.29 is 18.0 Å². The molecule has 0 unspecified atom stereocenters. The van der Waals surface area contributed by atoms with Crippen LogP contribution in [0.4, 0.5) is 0 Å². The van der Waals surface area contributed by atoms with E-state index in [9.17, 15) is 18.0 Å². The molecule has 3 N–H and O–H groups in total. The zero-order valence-electron chi connectivity index (χ0n) is 19.8. The number of amides is 2. The summed E-state index contributed by atoms with van der Waals surface area (Å²) < 4.78 is 27.2. The fourth-order valence-corrected chi connectivity index (χ4v) is 7.55. The van der Waals surface area contributed by atoms with E-state index in [1.165, 1.54) is 45.6 Å². The van der Waals surface area contributed by atoms with E-state index in [0.29, 0.717) is 23.6 Å². The number of hydrogen-bond acceptors (Lipinski definition) is 5. The van der Waals surface area contributed by atoms with Gasteiger partial charge < -0.3 is 10.6 Å². The van der Waals surface area contributed by atoms with Gasteiger partial charge in [0.15, 0.2) is 0 Å². The Morgan fingerprint density at radius 2 is 1.74 bits per heavy atom. The zero-order chi connectivity index (χ0) is 24.1. The van der Waals surface area contributed by atoms with Gasteiger partial charge in [0.05, 0.1) is 11.9 Å². The van der Waals surface area contributed by atoms with Gasteiger partial charge >= 0.3 is 0 Å². The SMILES string of the molecule is CNC(=O)c1nc2cccc(C(=O)NCC34CC5CC(CC(C5)C3)C4)n2c1CCNS(C)(=O)=O. The summed E-state index contributed by atoms with van der Waals surface area (Å²) >= 11 is 0. The van der Waals surface area contributed by atoms with Crippen molar-refractivity contribution in [1.29, 1.82) is 0 Å². The van der Waals surface area contributed by atoms with Crippen molar-refractivity contribution in [3.8, 4) is 0 Å². The molecule has 0 aromatic carbocycles. The largest absolute Gasteiger partial charge is 0.354 e. The summed E-state index contributed by atoms with van der Waals surface area (Å²) in [7, 11) is -1.87. The van der Waals surface area contributed by atoms with Crippen LogP contribution in [-0.4, -0.2) is 56.0 Å². The molecule has 0 saturated heterocycles. The van der Waals surface area contributed by atoms with Crippen LogP contribution in [0.15, 0.2) is 18.2 Å². The quantitative estimate of drug-likeness (QED) is 0.524. The summed E-state index contributed by atoms with van der Waals surface area (Å²) in [5, 5.41) is 5.79. The molecule has 4 aliphatic carbocycles. The molecule has 4 fully saturated rings. The zero-order valence-corrected chi connectivity index (χ0v) is 20.6.